The van der Waals surface area contributed by atoms with E-state index < -0.39 is 4.92 Å². The van der Waals surface area contributed by atoms with Crippen molar-refractivity contribution in [3.63, 3.8) is 0 Å². The molecule has 0 aliphatic rings. The zero-order valence-electron chi connectivity index (χ0n) is 14.8. The van der Waals surface area contributed by atoms with E-state index in [4.69, 9.17) is 4.74 Å². The Balaban J connectivity index is 1.58. The molecule has 1 heterocycles. The van der Waals surface area contributed by atoms with Crippen molar-refractivity contribution in [1.29, 1.82) is 0 Å². The molecular formula is C19H17N3O4S. The van der Waals surface area contributed by atoms with Crippen molar-refractivity contribution in [1.82, 2.24) is 4.98 Å². The summed E-state index contributed by atoms with van der Waals surface area (Å²) >= 11 is 1.33. The first-order chi connectivity index (χ1) is 12.9. The summed E-state index contributed by atoms with van der Waals surface area (Å²) in [5.41, 5.74) is 3.43. The van der Waals surface area contributed by atoms with Gasteiger partial charge in [-0.1, -0.05) is 29.8 Å². The third-order valence-electron chi connectivity index (χ3n) is 3.83. The van der Waals surface area contributed by atoms with Crippen LogP contribution in [0.3, 0.4) is 0 Å². The number of aryl methyl sites for hydroxylation is 2. The Labute approximate surface area is 159 Å². The highest BCUT2D eigenvalue weighted by molar-refractivity contribution is 7.14. The van der Waals surface area contributed by atoms with Gasteiger partial charge in [0.1, 0.15) is 5.75 Å². The number of nitro benzene ring substituents is 1. The van der Waals surface area contributed by atoms with Crippen molar-refractivity contribution in [2.24, 2.45) is 0 Å². The van der Waals surface area contributed by atoms with Gasteiger partial charge in [0.2, 0.25) is 0 Å². The van der Waals surface area contributed by atoms with Crippen molar-refractivity contribution in [2.75, 3.05) is 11.9 Å². The van der Waals surface area contributed by atoms with Gasteiger partial charge in [-0.2, -0.15) is 0 Å². The van der Waals surface area contributed by atoms with E-state index >= 15 is 0 Å². The van der Waals surface area contributed by atoms with Crippen LogP contribution in [0.25, 0.3) is 11.3 Å². The standard InChI is InChI=1S/C19H17N3O4S/c1-12-3-5-14(6-4-12)16-11-27-19(20-16)21-18(23)10-26-15-7-8-17(22(24)25)13(2)9-15/h3-9,11H,10H2,1-2H3,(H,20,21,23). The van der Waals surface area contributed by atoms with E-state index in [-0.39, 0.29) is 18.2 Å². The fraction of sp³-hybridized carbons (Fsp3) is 0.158. The van der Waals surface area contributed by atoms with Gasteiger partial charge < -0.3 is 4.74 Å². The lowest BCUT2D eigenvalue weighted by Gasteiger charge is -2.06. The van der Waals surface area contributed by atoms with Crippen LogP contribution in [0.15, 0.2) is 47.8 Å². The molecule has 7 nitrogen and oxygen atoms in total. The molecule has 1 amide bonds. The third kappa shape index (κ3) is 4.68. The molecule has 0 saturated heterocycles. The molecule has 0 fully saturated rings. The molecule has 3 aromatic rings. The largest absolute Gasteiger partial charge is 0.484 e. The van der Waals surface area contributed by atoms with Crippen molar-refractivity contribution in [3.8, 4) is 17.0 Å². The lowest BCUT2D eigenvalue weighted by molar-refractivity contribution is -0.385. The summed E-state index contributed by atoms with van der Waals surface area (Å²) in [6.07, 6.45) is 0. The molecule has 0 spiro atoms. The molecule has 0 atom stereocenters. The number of hydrogen-bond acceptors (Lipinski definition) is 6. The lowest BCUT2D eigenvalue weighted by atomic mass is 10.1. The molecule has 1 aromatic heterocycles. The topological polar surface area (TPSA) is 94.4 Å². The first kappa shape index (κ1) is 18.5. The minimum Gasteiger partial charge on any atom is -0.484 e. The van der Waals surface area contributed by atoms with Crippen LogP contribution in [0.5, 0.6) is 5.75 Å². The number of nitro groups is 1. The second-order valence-electron chi connectivity index (χ2n) is 5.95. The van der Waals surface area contributed by atoms with Crippen LogP contribution in [-0.4, -0.2) is 22.4 Å². The molecule has 2 aromatic carbocycles. The number of anilines is 1. The van der Waals surface area contributed by atoms with Gasteiger partial charge in [0.05, 0.1) is 10.6 Å². The summed E-state index contributed by atoms with van der Waals surface area (Å²) in [7, 11) is 0. The number of benzene rings is 2. The number of ether oxygens (including phenoxy) is 1. The second kappa shape index (κ2) is 7.96. The number of aromatic nitrogens is 1. The average Bonchev–Trinajstić information content (AvgIpc) is 3.08. The van der Waals surface area contributed by atoms with Crippen LogP contribution in [-0.2, 0) is 4.79 Å². The van der Waals surface area contributed by atoms with Crippen molar-refractivity contribution in [2.45, 2.75) is 13.8 Å². The molecule has 3 rings (SSSR count). The van der Waals surface area contributed by atoms with E-state index in [0.717, 1.165) is 11.3 Å². The van der Waals surface area contributed by atoms with Crippen LogP contribution in [0.4, 0.5) is 10.8 Å². The Kier molecular flexibility index (Phi) is 5.46. The number of nitrogens with one attached hydrogen (secondary N) is 1. The fourth-order valence-electron chi connectivity index (χ4n) is 2.41. The highest BCUT2D eigenvalue weighted by atomic mass is 32.1. The number of amides is 1. The van der Waals surface area contributed by atoms with Gasteiger partial charge in [-0.15, -0.1) is 11.3 Å². The van der Waals surface area contributed by atoms with Gasteiger partial charge in [-0.25, -0.2) is 4.98 Å². The molecule has 138 valence electrons. The Morgan fingerprint density at radius 1 is 1.22 bits per heavy atom. The zero-order valence-corrected chi connectivity index (χ0v) is 15.6. The maximum atomic E-state index is 12.1. The lowest BCUT2D eigenvalue weighted by Crippen LogP contribution is -2.20. The Morgan fingerprint density at radius 3 is 2.63 bits per heavy atom. The molecule has 0 aliphatic carbocycles. The molecular weight excluding hydrogens is 366 g/mol. The van der Waals surface area contributed by atoms with E-state index in [2.05, 4.69) is 10.3 Å². The van der Waals surface area contributed by atoms with E-state index in [0.29, 0.717) is 16.4 Å². The van der Waals surface area contributed by atoms with E-state index in [1.165, 1.54) is 35.1 Å². The zero-order chi connectivity index (χ0) is 19.4. The molecule has 1 N–H and O–H groups in total. The van der Waals surface area contributed by atoms with Crippen LogP contribution in [0, 0.1) is 24.0 Å². The molecule has 0 bridgehead atoms. The second-order valence-corrected chi connectivity index (χ2v) is 6.80. The normalized spacial score (nSPS) is 10.4. The Bertz CT molecular complexity index is 983. The molecule has 0 unspecified atom stereocenters. The van der Waals surface area contributed by atoms with Gasteiger partial charge in [-0.3, -0.25) is 20.2 Å². The van der Waals surface area contributed by atoms with Crippen LogP contribution in [0.1, 0.15) is 11.1 Å². The van der Waals surface area contributed by atoms with E-state index in [1.807, 2.05) is 36.6 Å². The summed E-state index contributed by atoms with van der Waals surface area (Å²) in [5.74, 6) is 0.0449. The quantitative estimate of drug-likeness (QED) is 0.504. The van der Waals surface area contributed by atoms with Crippen LogP contribution in [0.2, 0.25) is 0 Å². The number of rotatable bonds is 6. The van der Waals surface area contributed by atoms with Crippen LogP contribution < -0.4 is 10.1 Å². The fourth-order valence-corrected chi connectivity index (χ4v) is 3.15. The number of thiazole rings is 1. The van der Waals surface area contributed by atoms with Crippen molar-refractivity contribution in [3.05, 3.63) is 69.1 Å². The number of carbonyl (C=O) groups excluding carboxylic acids is 1. The summed E-state index contributed by atoms with van der Waals surface area (Å²) < 4.78 is 5.40. The number of hydrogen-bond donors (Lipinski definition) is 1. The third-order valence-corrected chi connectivity index (χ3v) is 4.59. The predicted octanol–water partition coefficient (Wildman–Crippen LogP) is 4.35. The highest BCUT2D eigenvalue weighted by Crippen LogP contribution is 2.25. The Morgan fingerprint density at radius 2 is 1.96 bits per heavy atom. The van der Waals surface area contributed by atoms with Crippen molar-refractivity contribution < 1.29 is 14.5 Å². The van der Waals surface area contributed by atoms with Gasteiger partial charge in [-0.05, 0) is 26.0 Å². The minimum atomic E-state index is -0.458. The first-order valence-corrected chi connectivity index (χ1v) is 9.00. The average molecular weight is 383 g/mol. The predicted molar refractivity (Wildman–Crippen MR) is 104 cm³/mol. The van der Waals surface area contributed by atoms with Gasteiger partial charge in [0, 0.05) is 22.6 Å². The molecule has 27 heavy (non-hydrogen) atoms. The smallest absolute Gasteiger partial charge is 0.272 e. The molecule has 0 radical (unpaired) electrons. The van der Waals surface area contributed by atoms with Crippen LogP contribution >= 0.6 is 11.3 Å². The number of carbonyl (C=O) groups is 1. The Hall–Kier alpha value is -3.26. The SMILES string of the molecule is Cc1ccc(-c2csc(NC(=O)COc3ccc([N+](=O)[O-])c(C)c3)n2)cc1. The molecule has 8 heteroatoms. The minimum absolute atomic E-state index is 0.0122. The van der Waals surface area contributed by atoms with Gasteiger partial charge in [0.15, 0.2) is 11.7 Å². The molecule has 0 aliphatic heterocycles. The number of nitrogens with zero attached hydrogens (tertiary/aromatic N) is 2. The van der Waals surface area contributed by atoms with E-state index in [1.54, 1.807) is 6.92 Å². The maximum absolute atomic E-state index is 12.1. The summed E-state index contributed by atoms with van der Waals surface area (Å²) in [4.78, 5) is 26.8. The highest BCUT2D eigenvalue weighted by Gasteiger charge is 2.12. The van der Waals surface area contributed by atoms with Crippen molar-refractivity contribution >= 4 is 28.1 Å². The maximum Gasteiger partial charge on any atom is 0.272 e. The monoisotopic (exact) mass is 383 g/mol. The summed E-state index contributed by atoms with van der Waals surface area (Å²) in [5, 5.41) is 15.9. The molecule has 0 saturated carbocycles. The summed E-state index contributed by atoms with van der Waals surface area (Å²) in [6, 6.07) is 12.3. The van der Waals surface area contributed by atoms with Gasteiger partial charge in [0.25, 0.3) is 11.6 Å². The van der Waals surface area contributed by atoms with Gasteiger partial charge >= 0.3 is 0 Å². The first-order valence-electron chi connectivity index (χ1n) is 8.12. The van der Waals surface area contributed by atoms with E-state index in [9.17, 15) is 14.9 Å². The summed E-state index contributed by atoms with van der Waals surface area (Å²) in [6.45, 7) is 3.42.